The summed E-state index contributed by atoms with van der Waals surface area (Å²) >= 11 is 0. The second kappa shape index (κ2) is 8.48. The third-order valence-electron chi connectivity index (χ3n) is 5.61. The molecule has 1 N–H and O–H groups in total. The molecular weight excluding hydrogens is 388 g/mol. The van der Waals surface area contributed by atoms with Crippen LogP contribution in [0.4, 0.5) is 0 Å². The van der Waals surface area contributed by atoms with Crippen LogP contribution < -0.4 is 0 Å². The zero-order valence-corrected chi connectivity index (χ0v) is 17.3. The van der Waals surface area contributed by atoms with Crippen molar-refractivity contribution < 1.29 is 14.7 Å². The van der Waals surface area contributed by atoms with Crippen LogP contribution in [-0.2, 0) is 4.79 Å². The van der Waals surface area contributed by atoms with Crippen molar-refractivity contribution in [2.45, 2.75) is 19.8 Å². The van der Waals surface area contributed by atoms with Gasteiger partial charge in [0, 0.05) is 40.8 Å². The molecule has 3 aromatic rings. The smallest absolute Gasteiger partial charge is 0.313 e. The van der Waals surface area contributed by atoms with Crippen molar-refractivity contribution in [3.63, 3.8) is 0 Å². The normalized spacial score (nSPS) is 18.5. The number of carboxylic acid groups (broad SMARTS) is 1. The van der Waals surface area contributed by atoms with E-state index in [9.17, 15) is 14.7 Å². The van der Waals surface area contributed by atoms with Crippen LogP contribution in [0, 0.1) is 5.92 Å². The molecular formula is C26H22N2O3. The molecule has 2 atom stereocenters. The molecule has 0 saturated heterocycles. The highest BCUT2D eigenvalue weighted by Crippen LogP contribution is 2.44. The molecule has 1 aliphatic rings. The monoisotopic (exact) mass is 410 g/mol. The summed E-state index contributed by atoms with van der Waals surface area (Å²) in [5, 5.41) is 10.1. The molecule has 1 aromatic heterocycles. The number of nitrogens with zero attached hydrogens (tertiary/aromatic N) is 2. The topological polar surface area (TPSA) is 79.6 Å². The third kappa shape index (κ3) is 3.94. The average molecular weight is 410 g/mol. The summed E-state index contributed by atoms with van der Waals surface area (Å²) in [6, 6.07) is 20.0. The van der Waals surface area contributed by atoms with Gasteiger partial charge in [0.2, 0.25) is 0 Å². The Labute approximate surface area is 180 Å². The van der Waals surface area contributed by atoms with Crippen molar-refractivity contribution in [2.75, 3.05) is 0 Å². The van der Waals surface area contributed by atoms with E-state index in [0.717, 1.165) is 22.4 Å². The second-order valence-electron chi connectivity index (χ2n) is 7.61. The van der Waals surface area contributed by atoms with Crippen LogP contribution in [0.3, 0.4) is 0 Å². The molecule has 0 radical (unpaired) electrons. The quantitative estimate of drug-likeness (QED) is 0.600. The fourth-order valence-electron chi connectivity index (χ4n) is 4.25. The first-order valence-electron chi connectivity index (χ1n) is 10.1. The number of hydrogen-bond acceptors (Lipinski definition) is 4. The number of aliphatic imine (C=N–C) groups is 1. The molecule has 0 fully saturated rings. The van der Waals surface area contributed by atoms with E-state index in [4.69, 9.17) is 0 Å². The second-order valence-corrected chi connectivity index (χ2v) is 7.61. The van der Waals surface area contributed by atoms with E-state index in [1.165, 1.54) is 0 Å². The van der Waals surface area contributed by atoms with Crippen molar-refractivity contribution in [3.8, 4) is 0 Å². The Bertz CT molecular complexity index is 1200. The lowest BCUT2D eigenvalue weighted by molar-refractivity contribution is -0.139. The SMILES string of the molecule is CC1=NC(C)=C(c2cccnc2)C(c2cccc(C(=O)c3ccccc3)c2)C1C(=O)O. The molecule has 154 valence electrons. The summed E-state index contributed by atoms with van der Waals surface area (Å²) in [5.74, 6) is -2.36. The van der Waals surface area contributed by atoms with Crippen LogP contribution in [-0.4, -0.2) is 27.6 Å². The maximum absolute atomic E-state index is 13.0. The number of pyridine rings is 1. The summed E-state index contributed by atoms with van der Waals surface area (Å²) in [4.78, 5) is 34.1. The minimum Gasteiger partial charge on any atom is -0.481 e. The number of hydrogen-bond donors (Lipinski definition) is 1. The van der Waals surface area contributed by atoms with Gasteiger partial charge in [-0.15, -0.1) is 0 Å². The number of ketones is 1. The van der Waals surface area contributed by atoms with Crippen LogP contribution in [0.5, 0.6) is 0 Å². The van der Waals surface area contributed by atoms with Crippen LogP contribution in [0.15, 0.2) is 89.8 Å². The lowest BCUT2D eigenvalue weighted by atomic mass is 9.73. The summed E-state index contributed by atoms with van der Waals surface area (Å²) < 4.78 is 0. The highest BCUT2D eigenvalue weighted by molar-refractivity contribution is 6.09. The van der Waals surface area contributed by atoms with Gasteiger partial charge in [0.05, 0.1) is 0 Å². The van der Waals surface area contributed by atoms with Crippen molar-refractivity contribution in [1.82, 2.24) is 4.98 Å². The highest BCUT2D eigenvalue weighted by Gasteiger charge is 2.39. The summed E-state index contributed by atoms with van der Waals surface area (Å²) in [5.41, 5.74) is 4.82. The van der Waals surface area contributed by atoms with E-state index in [1.54, 1.807) is 43.6 Å². The number of benzene rings is 2. The number of carboxylic acids is 1. The zero-order valence-electron chi connectivity index (χ0n) is 17.3. The first kappa shape index (κ1) is 20.4. The Kier molecular flexibility index (Phi) is 5.58. The largest absolute Gasteiger partial charge is 0.481 e. The summed E-state index contributed by atoms with van der Waals surface area (Å²) in [7, 11) is 0. The number of carbonyl (C=O) groups excluding carboxylic acids is 1. The van der Waals surface area contributed by atoms with E-state index in [2.05, 4.69) is 9.98 Å². The molecule has 4 rings (SSSR count). The lowest BCUT2D eigenvalue weighted by Gasteiger charge is -2.32. The fourth-order valence-corrected chi connectivity index (χ4v) is 4.25. The zero-order chi connectivity index (χ0) is 22.0. The number of aromatic nitrogens is 1. The molecule has 0 saturated carbocycles. The standard InChI is InChI=1S/C26H22N2O3/c1-16-22(21-12-7-13-27-15-21)24(23(26(30)31)17(2)28-16)19-10-6-11-20(14-19)25(29)18-8-4-3-5-9-18/h3-15,23-24H,1-2H3,(H,30,31). The molecule has 0 spiro atoms. The number of carbonyl (C=O) groups is 2. The molecule has 0 aliphatic carbocycles. The van der Waals surface area contributed by atoms with E-state index in [-0.39, 0.29) is 5.78 Å². The van der Waals surface area contributed by atoms with Crippen molar-refractivity contribution in [1.29, 1.82) is 0 Å². The van der Waals surface area contributed by atoms with Crippen molar-refractivity contribution in [2.24, 2.45) is 10.9 Å². The van der Waals surface area contributed by atoms with Gasteiger partial charge >= 0.3 is 5.97 Å². The van der Waals surface area contributed by atoms with Gasteiger partial charge in [0.25, 0.3) is 0 Å². The Hall–Kier alpha value is -3.86. The minimum absolute atomic E-state index is 0.0980. The van der Waals surface area contributed by atoms with Gasteiger partial charge in [-0.25, -0.2) is 0 Å². The predicted octanol–water partition coefficient (Wildman–Crippen LogP) is 5.00. The highest BCUT2D eigenvalue weighted by atomic mass is 16.4. The van der Waals surface area contributed by atoms with Crippen LogP contribution >= 0.6 is 0 Å². The van der Waals surface area contributed by atoms with Gasteiger partial charge in [-0.3, -0.25) is 19.6 Å². The minimum atomic E-state index is -0.945. The molecule has 1 aliphatic heterocycles. The maximum Gasteiger partial charge on any atom is 0.313 e. The van der Waals surface area contributed by atoms with Crippen LogP contribution in [0.25, 0.3) is 5.57 Å². The van der Waals surface area contributed by atoms with E-state index < -0.39 is 17.8 Å². The predicted molar refractivity (Wildman–Crippen MR) is 120 cm³/mol. The van der Waals surface area contributed by atoms with Gasteiger partial charge in [0.15, 0.2) is 5.78 Å². The summed E-state index contributed by atoms with van der Waals surface area (Å²) in [6.45, 7) is 3.63. The molecule has 0 amide bonds. The molecule has 31 heavy (non-hydrogen) atoms. The van der Waals surface area contributed by atoms with Crippen LogP contribution in [0.1, 0.15) is 46.8 Å². The van der Waals surface area contributed by atoms with Gasteiger partial charge in [-0.05, 0) is 42.7 Å². The number of rotatable bonds is 5. The Morgan fingerprint density at radius 2 is 1.65 bits per heavy atom. The molecule has 2 unspecified atom stereocenters. The van der Waals surface area contributed by atoms with E-state index >= 15 is 0 Å². The number of aliphatic carboxylic acids is 1. The van der Waals surface area contributed by atoms with E-state index in [0.29, 0.717) is 16.8 Å². The molecule has 0 bridgehead atoms. The Morgan fingerprint density at radius 1 is 0.903 bits per heavy atom. The van der Waals surface area contributed by atoms with Gasteiger partial charge in [-0.2, -0.15) is 0 Å². The molecule has 2 aromatic carbocycles. The maximum atomic E-state index is 13.0. The van der Waals surface area contributed by atoms with Crippen molar-refractivity contribution in [3.05, 3.63) is 107 Å². The molecule has 2 heterocycles. The van der Waals surface area contributed by atoms with Gasteiger partial charge in [-0.1, -0.05) is 54.6 Å². The lowest BCUT2D eigenvalue weighted by Crippen LogP contribution is -2.32. The third-order valence-corrected chi connectivity index (χ3v) is 5.61. The Balaban J connectivity index is 1.86. The van der Waals surface area contributed by atoms with Gasteiger partial charge < -0.3 is 5.11 Å². The fraction of sp³-hybridized carbons (Fsp3) is 0.154. The van der Waals surface area contributed by atoms with Crippen LogP contribution in [0.2, 0.25) is 0 Å². The average Bonchev–Trinajstić information content (AvgIpc) is 2.79. The van der Waals surface area contributed by atoms with E-state index in [1.807, 2.05) is 49.4 Å². The summed E-state index contributed by atoms with van der Waals surface area (Å²) in [6.07, 6.45) is 3.40. The number of allylic oxidation sites excluding steroid dienone is 2. The first-order chi connectivity index (χ1) is 15.0. The molecule has 5 heteroatoms. The molecule has 5 nitrogen and oxygen atoms in total. The first-order valence-corrected chi connectivity index (χ1v) is 10.1. The van der Waals surface area contributed by atoms with Crippen molar-refractivity contribution >= 4 is 23.0 Å². The van der Waals surface area contributed by atoms with Gasteiger partial charge in [0.1, 0.15) is 5.92 Å². The Morgan fingerprint density at radius 3 is 2.32 bits per heavy atom.